The number of carbonyl (C=O) groups excluding carboxylic acids is 2. The summed E-state index contributed by atoms with van der Waals surface area (Å²) in [6.07, 6.45) is 4.95. The summed E-state index contributed by atoms with van der Waals surface area (Å²) in [6, 6.07) is 15.4. The first-order chi connectivity index (χ1) is 16.5. The number of aliphatic carboxylic acids is 2. The highest BCUT2D eigenvalue weighted by Gasteiger charge is 2.22. The van der Waals surface area contributed by atoms with Crippen LogP contribution in [0.25, 0.3) is 10.8 Å². The third kappa shape index (κ3) is 8.68. The standard InChI is InChI=1S/C24H33NO3.C2H2O4/c1-2-9-24-21(5-1)6-3-7-22(24)17-20(18-23-8-4-13-28-23)19-27-16-12-25-10-14-26-15-11-25;3-1(4)2(5)6/h1-3,5-7,9,20,23H,4,8,10-19H2;(H,3,4)(H,5,6)/p-2. The molecular weight excluding hydrogens is 438 g/mol. The molecule has 2 aliphatic heterocycles. The van der Waals surface area contributed by atoms with E-state index < -0.39 is 11.9 Å². The summed E-state index contributed by atoms with van der Waals surface area (Å²) in [6.45, 7) is 7.29. The molecule has 0 N–H and O–H groups in total. The molecule has 2 aromatic carbocycles. The predicted molar refractivity (Wildman–Crippen MR) is 123 cm³/mol. The summed E-state index contributed by atoms with van der Waals surface area (Å²) < 4.78 is 17.5. The normalized spacial score (nSPS) is 19.4. The van der Waals surface area contributed by atoms with E-state index in [1.54, 1.807) is 0 Å². The van der Waals surface area contributed by atoms with E-state index in [0.29, 0.717) is 12.0 Å². The lowest BCUT2D eigenvalue weighted by atomic mass is 9.91. The van der Waals surface area contributed by atoms with Crippen LogP contribution in [0.3, 0.4) is 0 Å². The number of ether oxygens (including phenoxy) is 3. The van der Waals surface area contributed by atoms with Crippen molar-refractivity contribution in [2.45, 2.75) is 31.8 Å². The molecule has 8 heteroatoms. The topological polar surface area (TPSA) is 111 Å². The second-order valence-electron chi connectivity index (χ2n) is 8.68. The van der Waals surface area contributed by atoms with E-state index in [0.717, 1.165) is 65.5 Å². The molecule has 2 saturated heterocycles. The van der Waals surface area contributed by atoms with E-state index in [1.165, 1.54) is 29.2 Å². The van der Waals surface area contributed by atoms with E-state index in [-0.39, 0.29) is 0 Å². The second-order valence-corrected chi connectivity index (χ2v) is 8.68. The van der Waals surface area contributed by atoms with Gasteiger partial charge in [0, 0.05) is 32.8 Å². The first-order valence-electron chi connectivity index (χ1n) is 11.9. The molecule has 8 nitrogen and oxygen atoms in total. The van der Waals surface area contributed by atoms with Gasteiger partial charge in [0.05, 0.1) is 37.9 Å². The van der Waals surface area contributed by atoms with Gasteiger partial charge in [0.25, 0.3) is 0 Å². The number of carbonyl (C=O) groups is 2. The van der Waals surface area contributed by atoms with Gasteiger partial charge in [-0.3, -0.25) is 4.90 Å². The molecule has 4 rings (SSSR count). The zero-order valence-electron chi connectivity index (χ0n) is 19.5. The van der Waals surface area contributed by atoms with Crippen LogP contribution in [0, 0.1) is 5.92 Å². The number of carboxylic acids is 2. The van der Waals surface area contributed by atoms with Crippen LogP contribution < -0.4 is 10.2 Å². The van der Waals surface area contributed by atoms with Crippen LogP contribution in [0.2, 0.25) is 0 Å². The Morgan fingerprint density at radius 1 is 1.03 bits per heavy atom. The smallest absolute Gasteiger partial charge is 0.0870 e. The number of fused-ring (bicyclic) bond motifs is 1. The fourth-order valence-corrected chi connectivity index (χ4v) is 4.46. The van der Waals surface area contributed by atoms with Crippen LogP contribution >= 0.6 is 0 Å². The second kappa shape index (κ2) is 14.0. The fraction of sp³-hybridized carbons (Fsp3) is 0.538. The van der Waals surface area contributed by atoms with Crippen molar-refractivity contribution in [2.75, 3.05) is 52.7 Å². The highest BCUT2D eigenvalue weighted by atomic mass is 16.5. The molecule has 2 fully saturated rings. The first-order valence-corrected chi connectivity index (χ1v) is 11.9. The number of nitrogens with zero attached hydrogens (tertiary/aromatic N) is 1. The van der Waals surface area contributed by atoms with E-state index >= 15 is 0 Å². The lowest BCUT2D eigenvalue weighted by molar-refractivity contribution is -0.345. The summed E-state index contributed by atoms with van der Waals surface area (Å²) in [7, 11) is 0. The molecule has 0 amide bonds. The molecule has 0 radical (unpaired) electrons. The molecule has 34 heavy (non-hydrogen) atoms. The molecule has 0 bridgehead atoms. The van der Waals surface area contributed by atoms with Crippen LogP contribution in [-0.4, -0.2) is 75.6 Å². The third-order valence-corrected chi connectivity index (χ3v) is 6.18. The Bertz CT molecular complexity index is 890. The van der Waals surface area contributed by atoms with Gasteiger partial charge < -0.3 is 34.0 Å². The maximum atomic E-state index is 8.93. The molecule has 186 valence electrons. The SMILES string of the molecule is O=C([O-])C(=O)[O-].c1ccc2c(CC(COCCN3CCOCC3)CC3CCCO3)cccc2c1. The van der Waals surface area contributed by atoms with E-state index in [9.17, 15) is 0 Å². The molecule has 0 aliphatic carbocycles. The summed E-state index contributed by atoms with van der Waals surface area (Å²) in [5.74, 6) is -3.87. The van der Waals surface area contributed by atoms with Crippen molar-refractivity contribution >= 4 is 22.7 Å². The van der Waals surface area contributed by atoms with E-state index in [4.69, 9.17) is 34.0 Å². The fourth-order valence-electron chi connectivity index (χ4n) is 4.46. The molecule has 0 spiro atoms. The van der Waals surface area contributed by atoms with Gasteiger partial charge in [-0.1, -0.05) is 42.5 Å². The van der Waals surface area contributed by atoms with Crippen molar-refractivity contribution in [3.8, 4) is 0 Å². The third-order valence-electron chi connectivity index (χ3n) is 6.18. The number of morpholine rings is 1. The lowest BCUT2D eigenvalue weighted by Crippen LogP contribution is -2.42. The van der Waals surface area contributed by atoms with E-state index in [1.807, 2.05) is 0 Å². The van der Waals surface area contributed by atoms with Gasteiger partial charge in [-0.15, -0.1) is 0 Å². The highest BCUT2D eigenvalue weighted by Crippen LogP contribution is 2.26. The molecule has 2 aliphatic rings. The Morgan fingerprint density at radius 3 is 2.47 bits per heavy atom. The zero-order valence-corrected chi connectivity index (χ0v) is 19.5. The number of hydrogen-bond donors (Lipinski definition) is 0. The average molecular weight is 472 g/mol. The van der Waals surface area contributed by atoms with Crippen LogP contribution in [0.15, 0.2) is 42.5 Å². The average Bonchev–Trinajstić information content (AvgIpc) is 3.36. The van der Waals surface area contributed by atoms with E-state index in [2.05, 4.69) is 47.4 Å². The summed E-state index contributed by atoms with van der Waals surface area (Å²) >= 11 is 0. The Morgan fingerprint density at radius 2 is 1.76 bits per heavy atom. The Hall–Kier alpha value is -2.52. The van der Waals surface area contributed by atoms with Crippen molar-refractivity contribution in [1.29, 1.82) is 0 Å². The van der Waals surface area contributed by atoms with Crippen molar-refractivity contribution in [2.24, 2.45) is 5.92 Å². The van der Waals surface area contributed by atoms with Crippen LogP contribution in [-0.2, 0) is 30.2 Å². The van der Waals surface area contributed by atoms with Crippen molar-refractivity contribution in [3.63, 3.8) is 0 Å². The number of benzene rings is 2. The van der Waals surface area contributed by atoms with Gasteiger partial charge in [0.15, 0.2) is 0 Å². The summed E-state index contributed by atoms with van der Waals surface area (Å²) in [4.78, 5) is 20.3. The molecule has 0 saturated carbocycles. The van der Waals surface area contributed by atoms with Crippen molar-refractivity contribution in [1.82, 2.24) is 4.90 Å². The predicted octanol–water partition coefficient (Wildman–Crippen LogP) is 0.403. The maximum Gasteiger partial charge on any atom is 0.0870 e. The van der Waals surface area contributed by atoms with Gasteiger partial charge >= 0.3 is 0 Å². The monoisotopic (exact) mass is 471 g/mol. The Balaban J connectivity index is 0.000000481. The first kappa shape index (κ1) is 26.1. The highest BCUT2D eigenvalue weighted by molar-refractivity contribution is 6.25. The zero-order chi connectivity index (χ0) is 24.2. The van der Waals surface area contributed by atoms with Crippen molar-refractivity contribution in [3.05, 3.63) is 48.0 Å². The quantitative estimate of drug-likeness (QED) is 0.382. The lowest BCUT2D eigenvalue weighted by Gasteiger charge is -2.27. The Kier molecular flexibility index (Phi) is 10.8. The van der Waals surface area contributed by atoms with Crippen LogP contribution in [0.4, 0.5) is 0 Å². The molecule has 2 atom stereocenters. The molecule has 2 unspecified atom stereocenters. The van der Waals surface area contributed by atoms with Gasteiger partial charge in [-0.05, 0) is 47.9 Å². The number of rotatable bonds is 9. The Labute approximate surface area is 200 Å². The maximum absolute atomic E-state index is 8.93. The molecular formula is C26H33NO7-2. The minimum atomic E-state index is -2.19. The van der Waals surface area contributed by atoms with Gasteiger partial charge in [0.2, 0.25) is 0 Å². The summed E-state index contributed by atoms with van der Waals surface area (Å²) in [5, 5.41) is 20.5. The van der Waals surface area contributed by atoms with Crippen LogP contribution in [0.1, 0.15) is 24.8 Å². The van der Waals surface area contributed by atoms with Gasteiger partial charge in [-0.25, -0.2) is 0 Å². The molecule has 2 aromatic rings. The van der Waals surface area contributed by atoms with Crippen LogP contribution in [0.5, 0.6) is 0 Å². The largest absolute Gasteiger partial charge is 0.543 e. The molecule has 0 aromatic heterocycles. The minimum absolute atomic E-state index is 0.405. The number of carboxylic acid groups (broad SMARTS) is 2. The number of hydrogen-bond acceptors (Lipinski definition) is 8. The summed E-state index contributed by atoms with van der Waals surface area (Å²) in [5.41, 5.74) is 1.43. The van der Waals surface area contributed by atoms with Gasteiger partial charge in [-0.2, -0.15) is 0 Å². The molecule has 2 heterocycles. The van der Waals surface area contributed by atoms with Crippen molar-refractivity contribution < 1.29 is 34.0 Å². The minimum Gasteiger partial charge on any atom is -0.543 e. The van der Waals surface area contributed by atoms with Gasteiger partial charge in [0.1, 0.15) is 0 Å².